The molecule has 2 amide bonds. The number of rotatable bonds is 3. The van der Waals surface area contributed by atoms with Gasteiger partial charge in [-0.2, -0.15) is 0 Å². The minimum absolute atomic E-state index is 0.124. The molecule has 6 heteroatoms. The molecule has 0 aliphatic heterocycles. The first-order valence-electron chi connectivity index (χ1n) is 5.43. The van der Waals surface area contributed by atoms with E-state index < -0.39 is 5.91 Å². The zero-order valence-corrected chi connectivity index (χ0v) is 10.8. The van der Waals surface area contributed by atoms with Crippen molar-refractivity contribution in [3.63, 3.8) is 0 Å². The van der Waals surface area contributed by atoms with Gasteiger partial charge in [0.15, 0.2) is 0 Å². The van der Waals surface area contributed by atoms with E-state index in [1.54, 1.807) is 0 Å². The first-order valence-corrected chi connectivity index (χ1v) is 6.78. The number of hydrogen-bond donors (Lipinski definition) is 2. The standard InChI is InChI=1S/C11H13ClN2O2S/c12-5-8(15)14-11-9(10(13)16)6-3-1-2-4-7(6)17-11/h1-5H2,(H2,13,16)(H,14,15). The maximum Gasteiger partial charge on any atom is 0.251 e. The van der Waals surface area contributed by atoms with Crippen LogP contribution in [0.2, 0.25) is 0 Å². The van der Waals surface area contributed by atoms with Crippen molar-refractivity contribution in [1.82, 2.24) is 0 Å². The lowest BCUT2D eigenvalue weighted by Crippen LogP contribution is -2.18. The van der Waals surface area contributed by atoms with Gasteiger partial charge in [0.05, 0.1) is 5.56 Å². The molecule has 0 aromatic carbocycles. The van der Waals surface area contributed by atoms with Crippen molar-refractivity contribution in [2.75, 3.05) is 11.2 Å². The maximum atomic E-state index is 11.5. The van der Waals surface area contributed by atoms with Crippen molar-refractivity contribution in [2.24, 2.45) is 5.73 Å². The largest absolute Gasteiger partial charge is 0.365 e. The van der Waals surface area contributed by atoms with E-state index in [9.17, 15) is 9.59 Å². The van der Waals surface area contributed by atoms with Crippen LogP contribution in [0.25, 0.3) is 0 Å². The van der Waals surface area contributed by atoms with Gasteiger partial charge in [0.25, 0.3) is 5.91 Å². The second kappa shape index (κ2) is 5.06. The molecule has 1 aliphatic rings. The van der Waals surface area contributed by atoms with Crippen LogP contribution < -0.4 is 11.1 Å². The van der Waals surface area contributed by atoms with Gasteiger partial charge in [0.1, 0.15) is 10.9 Å². The number of nitrogens with two attached hydrogens (primary N) is 1. The summed E-state index contributed by atoms with van der Waals surface area (Å²) in [7, 11) is 0. The second-order valence-electron chi connectivity index (χ2n) is 3.96. The lowest BCUT2D eigenvalue weighted by atomic mass is 9.95. The molecule has 2 rings (SSSR count). The summed E-state index contributed by atoms with van der Waals surface area (Å²) in [5.74, 6) is -0.914. The van der Waals surface area contributed by atoms with E-state index in [0.717, 1.165) is 36.1 Å². The van der Waals surface area contributed by atoms with Crippen molar-refractivity contribution in [1.29, 1.82) is 0 Å². The average Bonchev–Trinajstić information content (AvgIpc) is 2.66. The van der Waals surface area contributed by atoms with Crippen molar-refractivity contribution in [3.8, 4) is 0 Å². The van der Waals surface area contributed by atoms with Gasteiger partial charge in [0.2, 0.25) is 5.91 Å². The maximum absolute atomic E-state index is 11.5. The highest BCUT2D eigenvalue weighted by Gasteiger charge is 2.24. The summed E-state index contributed by atoms with van der Waals surface area (Å²) in [5, 5.41) is 3.20. The Balaban J connectivity index is 2.40. The van der Waals surface area contributed by atoms with Crippen molar-refractivity contribution in [3.05, 3.63) is 16.0 Å². The van der Waals surface area contributed by atoms with Gasteiger partial charge in [-0.05, 0) is 31.2 Å². The highest BCUT2D eigenvalue weighted by molar-refractivity contribution is 7.17. The fourth-order valence-electron chi connectivity index (χ4n) is 2.07. The van der Waals surface area contributed by atoms with Gasteiger partial charge in [-0.3, -0.25) is 9.59 Å². The lowest BCUT2D eigenvalue weighted by Gasteiger charge is -2.11. The van der Waals surface area contributed by atoms with Crippen molar-refractivity contribution >= 4 is 39.8 Å². The fraction of sp³-hybridized carbons (Fsp3) is 0.455. The van der Waals surface area contributed by atoms with Crippen LogP contribution in [0.1, 0.15) is 33.6 Å². The molecule has 1 heterocycles. The van der Waals surface area contributed by atoms with E-state index in [0.29, 0.717) is 10.6 Å². The van der Waals surface area contributed by atoms with E-state index in [-0.39, 0.29) is 11.8 Å². The Bertz CT molecular complexity index is 470. The predicted molar refractivity (Wildman–Crippen MR) is 68.8 cm³/mol. The van der Waals surface area contributed by atoms with E-state index in [2.05, 4.69) is 5.32 Å². The minimum Gasteiger partial charge on any atom is -0.365 e. The Labute approximate surface area is 108 Å². The molecule has 3 N–H and O–H groups in total. The molecule has 0 fully saturated rings. The molecule has 0 unspecified atom stereocenters. The topological polar surface area (TPSA) is 72.2 Å². The molecule has 0 spiro atoms. The minimum atomic E-state index is -0.478. The quantitative estimate of drug-likeness (QED) is 0.825. The molecule has 92 valence electrons. The number of primary amides is 1. The summed E-state index contributed by atoms with van der Waals surface area (Å²) in [4.78, 5) is 23.9. The zero-order chi connectivity index (χ0) is 12.4. The van der Waals surface area contributed by atoms with Crippen LogP contribution in [0.4, 0.5) is 5.00 Å². The third-order valence-corrected chi connectivity index (χ3v) is 4.24. The van der Waals surface area contributed by atoms with Gasteiger partial charge >= 0.3 is 0 Å². The summed E-state index contributed by atoms with van der Waals surface area (Å²) in [5.41, 5.74) is 6.87. The molecule has 1 aliphatic carbocycles. The van der Waals surface area contributed by atoms with E-state index in [1.807, 2.05) is 0 Å². The molecular formula is C11H13ClN2O2S. The molecule has 0 bridgehead atoms. The molecule has 4 nitrogen and oxygen atoms in total. The molecule has 0 saturated carbocycles. The molecule has 1 aromatic heterocycles. The predicted octanol–water partition coefficient (Wildman–Crippen LogP) is 1.90. The van der Waals surface area contributed by atoms with E-state index in [1.165, 1.54) is 11.3 Å². The number of fused-ring (bicyclic) bond motifs is 1. The van der Waals surface area contributed by atoms with Crippen LogP contribution >= 0.6 is 22.9 Å². The van der Waals surface area contributed by atoms with Gasteiger partial charge in [-0.15, -0.1) is 22.9 Å². The first-order chi connectivity index (χ1) is 8.13. The van der Waals surface area contributed by atoms with Crippen molar-refractivity contribution in [2.45, 2.75) is 25.7 Å². The smallest absolute Gasteiger partial charge is 0.251 e. The third-order valence-electron chi connectivity index (χ3n) is 2.79. The monoisotopic (exact) mass is 272 g/mol. The Morgan fingerprint density at radius 2 is 2.06 bits per heavy atom. The Hall–Kier alpha value is -1.07. The summed E-state index contributed by atoms with van der Waals surface area (Å²) in [6, 6.07) is 0. The molecule has 0 radical (unpaired) electrons. The fourth-order valence-corrected chi connectivity index (χ4v) is 3.45. The highest BCUT2D eigenvalue weighted by Crippen LogP contribution is 2.37. The van der Waals surface area contributed by atoms with Crippen molar-refractivity contribution < 1.29 is 9.59 Å². The van der Waals surface area contributed by atoms with Crippen LogP contribution in [0, 0.1) is 0 Å². The number of thiophene rings is 1. The summed E-state index contributed by atoms with van der Waals surface area (Å²) < 4.78 is 0. The second-order valence-corrected chi connectivity index (χ2v) is 5.33. The summed E-state index contributed by atoms with van der Waals surface area (Å²) >= 11 is 6.88. The number of carbonyl (C=O) groups is 2. The molecular weight excluding hydrogens is 260 g/mol. The normalized spacial score (nSPS) is 14.2. The lowest BCUT2D eigenvalue weighted by molar-refractivity contribution is -0.113. The number of carbonyl (C=O) groups excluding carboxylic acids is 2. The van der Waals surface area contributed by atoms with Gasteiger partial charge in [-0.25, -0.2) is 0 Å². The summed E-state index contributed by atoms with van der Waals surface area (Å²) in [6.45, 7) is 0. The molecule has 1 aromatic rings. The van der Waals surface area contributed by atoms with Crippen LogP contribution in [-0.4, -0.2) is 17.7 Å². The van der Waals surface area contributed by atoms with Gasteiger partial charge in [0, 0.05) is 4.88 Å². The average molecular weight is 273 g/mol. The SMILES string of the molecule is NC(=O)c1c(NC(=O)CCl)sc2c1CCCC2. The van der Waals surface area contributed by atoms with Crippen LogP contribution in [0.15, 0.2) is 0 Å². The van der Waals surface area contributed by atoms with E-state index >= 15 is 0 Å². The third kappa shape index (κ3) is 2.45. The number of amides is 2. The van der Waals surface area contributed by atoms with Gasteiger partial charge in [-0.1, -0.05) is 0 Å². The molecule has 0 saturated heterocycles. The number of anilines is 1. The number of halogens is 1. The number of aryl methyl sites for hydroxylation is 1. The Morgan fingerprint density at radius 1 is 1.35 bits per heavy atom. The molecule has 17 heavy (non-hydrogen) atoms. The molecule has 0 atom stereocenters. The highest BCUT2D eigenvalue weighted by atomic mass is 35.5. The number of alkyl halides is 1. The Kier molecular flexibility index (Phi) is 3.69. The number of hydrogen-bond acceptors (Lipinski definition) is 3. The number of nitrogens with one attached hydrogen (secondary N) is 1. The van der Waals surface area contributed by atoms with Crippen LogP contribution in [0.3, 0.4) is 0 Å². The first kappa shape index (κ1) is 12.4. The summed E-state index contributed by atoms with van der Waals surface area (Å²) in [6.07, 6.45) is 4.00. The van der Waals surface area contributed by atoms with Crippen LogP contribution in [0.5, 0.6) is 0 Å². The Morgan fingerprint density at radius 3 is 2.71 bits per heavy atom. The van der Waals surface area contributed by atoms with Gasteiger partial charge < -0.3 is 11.1 Å². The van der Waals surface area contributed by atoms with E-state index in [4.69, 9.17) is 17.3 Å². The zero-order valence-electron chi connectivity index (χ0n) is 9.22. The van der Waals surface area contributed by atoms with Crippen LogP contribution in [-0.2, 0) is 17.6 Å².